The van der Waals surface area contributed by atoms with E-state index < -0.39 is 0 Å². The molecule has 3 heterocycles. The van der Waals surface area contributed by atoms with Gasteiger partial charge in [0.2, 0.25) is 11.7 Å². The maximum absolute atomic E-state index is 12.9. The molecule has 1 aliphatic rings. The molecule has 8 heteroatoms. The highest BCUT2D eigenvalue weighted by Gasteiger charge is 2.33. The molecule has 0 unspecified atom stereocenters. The molecule has 1 aliphatic heterocycles. The van der Waals surface area contributed by atoms with Crippen LogP contribution in [0.3, 0.4) is 0 Å². The molecule has 4 rings (SSSR count). The van der Waals surface area contributed by atoms with Gasteiger partial charge < -0.3 is 9.42 Å². The van der Waals surface area contributed by atoms with Gasteiger partial charge in [-0.2, -0.15) is 4.98 Å². The smallest absolute Gasteiger partial charge is 0.294 e. The molecule has 3 aromatic rings. The van der Waals surface area contributed by atoms with Crippen LogP contribution in [0.2, 0.25) is 0 Å². The van der Waals surface area contributed by atoms with Crippen molar-refractivity contribution in [1.82, 2.24) is 30.2 Å². The summed E-state index contributed by atoms with van der Waals surface area (Å²) in [6.45, 7) is 2.37. The van der Waals surface area contributed by atoms with Gasteiger partial charge in [0.25, 0.3) is 5.91 Å². The van der Waals surface area contributed by atoms with Gasteiger partial charge in [0.05, 0.1) is 5.52 Å². The van der Waals surface area contributed by atoms with Crippen LogP contribution in [0.1, 0.15) is 47.6 Å². The minimum Gasteiger partial charge on any atom is -0.337 e. The van der Waals surface area contributed by atoms with Gasteiger partial charge in [-0.15, -0.1) is 10.2 Å². The number of carbonyl (C=O) groups is 1. The summed E-state index contributed by atoms with van der Waals surface area (Å²) >= 11 is 0. The van der Waals surface area contributed by atoms with E-state index >= 15 is 0 Å². The zero-order valence-corrected chi connectivity index (χ0v) is 13.2. The predicted molar refractivity (Wildman–Crippen MR) is 84.0 cm³/mol. The highest BCUT2D eigenvalue weighted by molar-refractivity contribution is 5.92. The Balaban J connectivity index is 1.67. The first-order chi connectivity index (χ1) is 11.7. The van der Waals surface area contributed by atoms with Crippen molar-refractivity contribution in [1.29, 1.82) is 0 Å². The number of hydrogen-bond acceptors (Lipinski definition) is 7. The monoisotopic (exact) mass is 324 g/mol. The SMILES string of the molecule is Cc1noc([C@@H]2CCCCN2C(=O)c2nnc3ccccc3n2)n1. The lowest BCUT2D eigenvalue weighted by Crippen LogP contribution is -2.39. The van der Waals surface area contributed by atoms with Crippen LogP contribution >= 0.6 is 0 Å². The molecule has 0 saturated carbocycles. The van der Waals surface area contributed by atoms with Crippen molar-refractivity contribution >= 4 is 16.9 Å². The number of hydrogen-bond donors (Lipinski definition) is 0. The molecule has 1 saturated heterocycles. The van der Waals surface area contributed by atoms with Crippen LogP contribution in [0, 0.1) is 6.92 Å². The van der Waals surface area contributed by atoms with Crippen molar-refractivity contribution in [3.63, 3.8) is 0 Å². The predicted octanol–water partition coefficient (Wildman–Crippen LogP) is 2.08. The highest BCUT2D eigenvalue weighted by atomic mass is 16.5. The number of aryl methyl sites for hydroxylation is 1. The number of fused-ring (bicyclic) bond motifs is 1. The molecule has 8 nitrogen and oxygen atoms in total. The zero-order chi connectivity index (χ0) is 16.5. The molecular formula is C16H16N6O2. The summed E-state index contributed by atoms with van der Waals surface area (Å²) in [5, 5.41) is 11.9. The lowest BCUT2D eigenvalue weighted by atomic mass is 10.0. The Morgan fingerprint density at radius 1 is 1.17 bits per heavy atom. The van der Waals surface area contributed by atoms with E-state index in [1.165, 1.54) is 0 Å². The first kappa shape index (κ1) is 14.7. The quantitative estimate of drug-likeness (QED) is 0.711. The lowest BCUT2D eigenvalue weighted by molar-refractivity contribution is 0.0548. The van der Waals surface area contributed by atoms with Gasteiger partial charge in [-0.1, -0.05) is 17.3 Å². The second kappa shape index (κ2) is 5.95. The molecule has 0 N–H and O–H groups in total. The molecule has 24 heavy (non-hydrogen) atoms. The zero-order valence-electron chi connectivity index (χ0n) is 13.2. The van der Waals surface area contributed by atoms with Crippen LogP contribution in [0.4, 0.5) is 0 Å². The Kier molecular flexibility index (Phi) is 3.64. The molecule has 2 aromatic heterocycles. The van der Waals surface area contributed by atoms with Gasteiger partial charge in [-0.3, -0.25) is 4.79 Å². The number of para-hydroxylation sites is 1. The van der Waals surface area contributed by atoms with Crippen LogP contribution in [0.25, 0.3) is 11.0 Å². The Hall–Kier alpha value is -2.90. The highest BCUT2D eigenvalue weighted by Crippen LogP contribution is 2.30. The molecule has 1 amide bonds. The third-order valence-corrected chi connectivity index (χ3v) is 4.14. The molecule has 1 atom stereocenters. The number of nitrogens with zero attached hydrogens (tertiary/aromatic N) is 6. The van der Waals surface area contributed by atoms with Crippen LogP contribution in [0.15, 0.2) is 28.8 Å². The summed E-state index contributed by atoms with van der Waals surface area (Å²) in [5.41, 5.74) is 1.31. The molecule has 0 aliphatic carbocycles. The van der Waals surface area contributed by atoms with Gasteiger partial charge in [0.1, 0.15) is 11.6 Å². The average molecular weight is 324 g/mol. The molecule has 122 valence electrons. The fourth-order valence-electron chi connectivity index (χ4n) is 2.98. The maximum Gasteiger partial charge on any atom is 0.294 e. The molecule has 0 bridgehead atoms. The number of piperidine rings is 1. The molecule has 1 aromatic carbocycles. The second-order valence-corrected chi connectivity index (χ2v) is 5.81. The van der Waals surface area contributed by atoms with Crippen LogP contribution in [0.5, 0.6) is 0 Å². The summed E-state index contributed by atoms with van der Waals surface area (Å²) in [4.78, 5) is 23.3. The van der Waals surface area contributed by atoms with Crippen LogP contribution < -0.4 is 0 Å². The summed E-state index contributed by atoms with van der Waals surface area (Å²) in [7, 11) is 0. The van der Waals surface area contributed by atoms with Crippen molar-refractivity contribution in [2.24, 2.45) is 0 Å². The number of rotatable bonds is 2. The second-order valence-electron chi connectivity index (χ2n) is 5.81. The first-order valence-electron chi connectivity index (χ1n) is 7.93. The van der Waals surface area contributed by atoms with E-state index in [0.717, 1.165) is 19.3 Å². The van der Waals surface area contributed by atoms with Crippen LogP contribution in [-0.4, -0.2) is 42.7 Å². The number of carbonyl (C=O) groups excluding carboxylic acids is 1. The largest absolute Gasteiger partial charge is 0.337 e. The number of aromatic nitrogens is 5. The van der Waals surface area contributed by atoms with Crippen molar-refractivity contribution in [3.8, 4) is 0 Å². The number of likely N-dealkylation sites (tertiary alicyclic amines) is 1. The molecular weight excluding hydrogens is 308 g/mol. The summed E-state index contributed by atoms with van der Waals surface area (Å²) in [6, 6.07) is 7.11. The van der Waals surface area contributed by atoms with E-state index in [0.29, 0.717) is 29.3 Å². The minimum atomic E-state index is -0.256. The standard InChI is InChI=1S/C16H16N6O2/c1-10-17-15(24-21-10)13-8-4-5-9-22(13)16(23)14-18-11-6-2-3-7-12(11)19-20-14/h2-3,6-7,13H,4-5,8-9H2,1H3/t13-/m0/s1. The third kappa shape index (κ3) is 2.60. The van der Waals surface area contributed by atoms with E-state index in [-0.39, 0.29) is 17.8 Å². The Labute approximate surface area is 137 Å². The topological polar surface area (TPSA) is 97.9 Å². The normalized spacial score (nSPS) is 18.0. The van der Waals surface area contributed by atoms with Gasteiger partial charge in [0.15, 0.2) is 5.82 Å². The van der Waals surface area contributed by atoms with Crippen molar-refractivity contribution in [2.45, 2.75) is 32.2 Å². The van der Waals surface area contributed by atoms with Gasteiger partial charge >= 0.3 is 0 Å². The summed E-state index contributed by atoms with van der Waals surface area (Å²) in [6.07, 6.45) is 2.72. The minimum absolute atomic E-state index is 0.0943. The van der Waals surface area contributed by atoms with E-state index in [2.05, 4.69) is 25.3 Å². The molecule has 0 spiro atoms. The van der Waals surface area contributed by atoms with Crippen molar-refractivity contribution < 1.29 is 9.32 Å². The van der Waals surface area contributed by atoms with E-state index in [1.807, 2.05) is 24.3 Å². The lowest BCUT2D eigenvalue weighted by Gasteiger charge is -2.32. The van der Waals surface area contributed by atoms with Gasteiger partial charge in [-0.05, 0) is 38.3 Å². The van der Waals surface area contributed by atoms with Gasteiger partial charge in [0, 0.05) is 6.54 Å². The average Bonchev–Trinajstić information content (AvgIpc) is 3.07. The third-order valence-electron chi connectivity index (χ3n) is 4.14. The summed E-state index contributed by atoms with van der Waals surface area (Å²) < 4.78 is 5.28. The van der Waals surface area contributed by atoms with E-state index in [4.69, 9.17) is 4.52 Å². The van der Waals surface area contributed by atoms with Crippen molar-refractivity contribution in [2.75, 3.05) is 6.54 Å². The fraction of sp³-hybridized carbons (Fsp3) is 0.375. The fourth-order valence-corrected chi connectivity index (χ4v) is 2.98. The van der Waals surface area contributed by atoms with Crippen LogP contribution in [-0.2, 0) is 0 Å². The Morgan fingerprint density at radius 2 is 2.00 bits per heavy atom. The maximum atomic E-state index is 12.9. The van der Waals surface area contributed by atoms with E-state index in [1.54, 1.807) is 11.8 Å². The van der Waals surface area contributed by atoms with E-state index in [9.17, 15) is 4.79 Å². The molecule has 1 fully saturated rings. The van der Waals surface area contributed by atoms with Crippen molar-refractivity contribution in [3.05, 3.63) is 41.8 Å². The first-order valence-corrected chi connectivity index (χ1v) is 7.93. The Morgan fingerprint density at radius 3 is 2.79 bits per heavy atom. The summed E-state index contributed by atoms with van der Waals surface area (Å²) in [5.74, 6) is 0.867. The number of benzene rings is 1. The molecule has 0 radical (unpaired) electrons. The number of amides is 1. The Bertz CT molecular complexity index is 893. The van der Waals surface area contributed by atoms with Gasteiger partial charge in [-0.25, -0.2) is 4.98 Å².